The molecule has 116 valence electrons. The van der Waals surface area contributed by atoms with Crippen LogP contribution in [0.5, 0.6) is 0 Å². The Morgan fingerprint density at radius 1 is 1.50 bits per heavy atom. The molecule has 5 N–H and O–H groups in total. The summed E-state index contributed by atoms with van der Waals surface area (Å²) in [6.45, 7) is 0. The van der Waals surface area contributed by atoms with Gasteiger partial charge in [-0.15, -0.1) is 0 Å². The van der Waals surface area contributed by atoms with Crippen molar-refractivity contribution in [3.8, 4) is 6.07 Å². The van der Waals surface area contributed by atoms with Crippen LogP contribution in [0.3, 0.4) is 0 Å². The average Bonchev–Trinajstić information content (AvgIpc) is 2.47. The lowest BCUT2D eigenvalue weighted by Crippen LogP contribution is -2.50. The summed E-state index contributed by atoms with van der Waals surface area (Å²) in [7, 11) is 1.67. The van der Waals surface area contributed by atoms with Crippen LogP contribution in [-0.4, -0.2) is 18.1 Å². The molecule has 1 amide bonds. The van der Waals surface area contributed by atoms with Gasteiger partial charge in [0.05, 0.1) is 6.07 Å². The lowest BCUT2D eigenvalue weighted by Gasteiger charge is -2.45. The lowest BCUT2D eigenvalue weighted by atomic mass is 9.57. The van der Waals surface area contributed by atoms with Gasteiger partial charge in [0.2, 0.25) is 5.91 Å². The number of nitriles is 1. The number of nitrogens with two attached hydrogens (primary N) is 1. The average molecular weight is 317 g/mol. The molecule has 0 radical (unpaired) electrons. The summed E-state index contributed by atoms with van der Waals surface area (Å²) >= 11 is 4.91. The van der Waals surface area contributed by atoms with E-state index >= 15 is 0 Å². The number of thiocarbonyl (C=S) groups is 1. The first kappa shape index (κ1) is 16.0. The summed E-state index contributed by atoms with van der Waals surface area (Å²) in [5.74, 6) is -0.183. The zero-order chi connectivity index (χ0) is 16.2. The Morgan fingerprint density at radius 2 is 2.23 bits per heavy atom. The third-order valence-electron chi connectivity index (χ3n) is 4.00. The Kier molecular flexibility index (Phi) is 4.83. The molecule has 1 aromatic carbocycles. The van der Waals surface area contributed by atoms with E-state index < -0.39 is 0 Å². The number of amides is 1. The maximum Gasteiger partial charge on any atom is 0.239 e. The van der Waals surface area contributed by atoms with E-state index in [-0.39, 0.29) is 23.7 Å². The SMILES string of the molecule is CNC(=S)NNC(=O)C[C@]1(c2cccc(N)c2)C[C@H](C#N)C1. The van der Waals surface area contributed by atoms with Gasteiger partial charge in [-0.05, 0) is 42.8 Å². The zero-order valence-corrected chi connectivity index (χ0v) is 13.2. The molecule has 1 aromatic rings. The lowest BCUT2D eigenvalue weighted by molar-refractivity contribution is -0.124. The standard InChI is InChI=1S/C15H19N5OS/c1-18-14(22)20-19-13(21)8-15(6-10(7-15)9-16)11-3-2-4-12(17)5-11/h2-5,10H,6-8,17H2,1H3,(H,19,21)(H2,18,20,22)/t10-,15-. The zero-order valence-electron chi connectivity index (χ0n) is 12.3. The Bertz CT molecular complexity index is 619. The number of hydrogen-bond donors (Lipinski definition) is 4. The van der Waals surface area contributed by atoms with Gasteiger partial charge in [0.1, 0.15) is 0 Å². The highest BCUT2D eigenvalue weighted by molar-refractivity contribution is 7.80. The Balaban J connectivity index is 2.09. The number of carbonyl (C=O) groups excluding carboxylic acids is 1. The van der Waals surface area contributed by atoms with Crippen LogP contribution in [0.2, 0.25) is 0 Å². The van der Waals surface area contributed by atoms with E-state index in [0.717, 1.165) is 5.56 Å². The minimum Gasteiger partial charge on any atom is -0.399 e. The Labute approximate surface area is 135 Å². The quantitative estimate of drug-likeness (QED) is 0.376. The van der Waals surface area contributed by atoms with Crippen molar-refractivity contribution in [3.63, 3.8) is 0 Å². The third-order valence-corrected chi connectivity index (χ3v) is 4.30. The van der Waals surface area contributed by atoms with Gasteiger partial charge in [0, 0.05) is 30.5 Å². The van der Waals surface area contributed by atoms with E-state index in [1.165, 1.54) is 0 Å². The minimum absolute atomic E-state index is 0.0134. The van der Waals surface area contributed by atoms with E-state index in [1.807, 2.05) is 24.3 Å². The molecular weight excluding hydrogens is 298 g/mol. The number of hydrogen-bond acceptors (Lipinski definition) is 4. The van der Waals surface area contributed by atoms with Crippen LogP contribution < -0.4 is 21.9 Å². The van der Waals surface area contributed by atoms with Gasteiger partial charge in [-0.25, -0.2) is 0 Å². The second-order valence-corrected chi connectivity index (χ2v) is 5.98. The Morgan fingerprint density at radius 3 is 2.82 bits per heavy atom. The van der Waals surface area contributed by atoms with Gasteiger partial charge >= 0.3 is 0 Å². The molecule has 22 heavy (non-hydrogen) atoms. The molecule has 6 nitrogen and oxygen atoms in total. The van der Waals surface area contributed by atoms with E-state index in [0.29, 0.717) is 23.6 Å². The number of nitrogen functional groups attached to an aromatic ring is 1. The molecule has 0 unspecified atom stereocenters. The molecule has 0 aliphatic heterocycles. The fourth-order valence-electron chi connectivity index (χ4n) is 2.87. The number of benzene rings is 1. The highest BCUT2D eigenvalue weighted by atomic mass is 32.1. The van der Waals surface area contributed by atoms with Crippen LogP contribution in [0.15, 0.2) is 24.3 Å². The predicted octanol–water partition coefficient (Wildman–Crippen LogP) is 0.955. The Hall–Kier alpha value is -2.33. The highest BCUT2D eigenvalue weighted by Crippen LogP contribution is 2.50. The summed E-state index contributed by atoms with van der Waals surface area (Å²) in [6.07, 6.45) is 1.61. The molecule has 0 bridgehead atoms. The van der Waals surface area contributed by atoms with Crippen molar-refractivity contribution in [3.05, 3.63) is 29.8 Å². The second kappa shape index (κ2) is 6.62. The van der Waals surface area contributed by atoms with Crippen molar-refractivity contribution in [1.29, 1.82) is 5.26 Å². The van der Waals surface area contributed by atoms with Gasteiger partial charge in [0.25, 0.3) is 0 Å². The molecule has 1 aliphatic carbocycles. The summed E-state index contributed by atoms with van der Waals surface area (Å²) in [6, 6.07) is 9.79. The molecule has 0 aromatic heterocycles. The fourth-order valence-corrected chi connectivity index (χ4v) is 2.92. The number of nitrogens with zero attached hydrogens (tertiary/aromatic N) is 1. The second-order valence-electron chi connectivity index (χ2n) is 5.57. The van der Waals surface area contributed by atoms with Crippen LogP contribution in [0, 0.1) is 17.2 Å². The normalized spacial score (nSPS) is 22.8. The van der Waals surface area contributed by atoms with E-state index in [4.69, 9.17) is 23.2 Å². The monoisotopic (exact) mass is 317 g/mol. The van der Waals surface area contributed by atoms with Crippen LogP contribution in [0.4, 0.5) is 5.69 Å². The summed E-state index contributed by atoms with van der Waals surface area (Å²) < 4.78 is 0. The number of carbonyl (C=O) groups is 1. The minimum atomic E-state index is -0.331. The summed E-state index contributed by atoms with van der Waals surface area (Å²) in [4.78, 5) is 12.1. The van der Waals surface area contributed by atoms with Crippen LogP contribution >= 0.6 is 12.2 Å². The maximum absolute atomic E-state index is 12.1. The van der Waals surface area contributed by atoms with Gasteiger partial charge < -0.3 is 11.1 Å². The predicted molar refractivity (Wildman–Crippen MR) is 88.4 cm³/mol. The van der Waals surface area contributed by atoms with Crippen molar-refractivity contribution in [2.24, 2.45) is 5.92 Å². The molecule has 0 heterocycles. The maximum atomic E-state index is 12.1. The number of hydrazine groups is 1. The van der Waals surface area contributed by atoms with E-state index in [2.05, 4.69) is 22.2 Å². The van der Waals surface area contributed by atoms with Crippen molar-refractivity contribution in [2.75, 3.05) is 12.8 Å². The van der Waals surface area contributed by atoms with Crippen molar-refractivity contribution in [1.82, 2.24) is 16.2 Å². The van der Waals surface area contributed by atoms with Crippen LogP contribution in [-0.2, 0) is 10.2 Å². The molecule has 7 heteroatoms. The van der Waals surface area contributed by atoms with Gasteiger partial charge in [-0.1, -0.05) is 12.1 Å². The van der Waals surface area contributed by atoms with E-state index in [1.54, 1.807) is 7.05 Å². The number of anilines is 1. The van der Waals surface area contributed by atoms with Gasteiger partial charge in [0.15, 0.2) is 5.11 Å². The molecule has 1 fully saturated rings. The molecule has 0 saturated heterocycles. The molecule has 1 saturated carbocycles. The van der Waals surface area contributed by atoms with Crippen molar-refractivity contribution in [2.45, 2.75) is 24.7 Å². The molecular formula is C15H19N5OS. The summed E-state index contributed by atoms with van der Waals surface area (Å²) in [5.41, 5.74) is 12.4. The largest absolute Gasteiger partial charge is 0.399 e. The van der Waals surface area contributed by atoms with Gasteiger partial charge in [-0.3, -0.25) is 15.6 Å². The molecule has 1 aliphatic rings. The molecule has 2 rings (SSSR count). The fraction of sp³-hybridized carbons (Fsp3) is 0.400. The van der Waals surface area contributed by atoms with E-state index in [9.17, 15) is 4.79 Å². The smallest absolute Gasteiger partial charge is 0.239 e. The van der Waals surface area contributed by atoms with Crippen molar-refractivity contribution >= 4 is 28.9 Å². The highest BCUT2D eigenvalue weighted by Gasteiger charge is 2.47. The van der Waals surface area contributed by atoms with Crippen molar-refractivity contribution < 1.29 is 4.79 Å². The topological polar surface area (TPSA) is 103 Å². The molecule has 0 atom stereocenters. The number of rotatable bonds is 3. The molecule has 0 spiro atoms. The first-order valence-electron chi connectivity index (χ1n) is 7.01. The first-order chi connectivity index (χ1) is 10.5. The van der Waals surface area contributed by atoms with Crippen LogP contribution in [0.1, 0.15) is 24.8 Å². The van der Waals surface area contributed by atoms with Gasteiger partial charge in [-0.2, -0.15) is 5.26 Å². The number of nitrogens with one attached hydrogen (secondary N) is 3. The van der Waals surface area contributed by atoms with Crippen LogP contribution in [0.25, 0.3) is 0 Å². The third kappa shape index (κ3) is 3.46. The first-order valence-corrected chi connectivity index (χ1v) is 7.42. The summed E-state index contributed by atoms with van der Waals surface area (Å²) in [5, 5.41) is 12.1.